The molecule has 0 aliphatic carbocycles. The molecule has 0 amide bonds. The van der Waals surface area contributed by atoms with Gasteiger partial charge < -0.3 is 14.0 Å². The lowest BCUT2D eigenvalue weighted by Crippen LogP contribution is -2.02. The van der Waals surface area contributed by atoms with Crippen molar-refractivity contribution in [1.29, 1.82) is 0 Å². The average molecular weight is 319 g/mol. The van der Waals surface area contributed by atoms with Crippen LogP contribution in [0.3, 0.4) is 0 Å². The Balaban J connectivity index is 1.83. The Bertz CT molecular complexity index is 1040. The van der Waals surface area contributed by atoms with Crippen LogP contribution in [-0.4, -0.2) is 16.0 Å². The number of hydrogen-bond acceptors (Lipinski definition) is 5. The van der Waals surface area contributed by atoms with Crippen LogP contribution in [-0.2, 0) is 0 Å². The fraction of sp³-hybridized carbons (Fsp3) is 0.0526. The van der Waals surface area contributed by atoms with E-state index < -0.39 is 0 Å². The SMILES string of the molecule is Cc1onc(-c2ccccc2)c1C(=O)c1cc2ccc(O)cc2o1. The molecule has 0 unspecified atom stereocenters. The molecule has 0 aliphatic heterocycles. The summed E-state index contributed by atoms with van der Waals surface area (Å²) in [6.45, 7) is 1.70. The van der Waals surface area contributed by atoms with E-state index in [0.717, 1.165) is 10.9 Å². The van der Waals surface area contributed by atoms with Gasteiger partial charge in [-0.1, -0.05) is 35.5 Å². The third kappa shape index (κ3) is 2.27. The van der Waals surface area contributed by atoms with Crippen LogP contribution in [0.5, 0.6) is 5.75 Å². The molecule has 0 aliphatic rings. The van der Waals surface area contributed by atoms with E-state index in [-0.39, 0.29) is 17.3 Å². The van der Waals surface area contributed by atoms with Gasteiger partial charge >= 0.3 is 0 Å². The smallest absolute Gasteiger partial charge is 0.234 e. The fourth-order valence-corrected chi connectivity index (χ4v) is 2.69. The number of aromatic hydroxyl groups is 1. The summed E-state index contributed by atoms with van der Waals surface area (Å²) in [5.74, 6) is 0.395. The van der Waals surface area contributed by atoms with Gasteiger partial charge in [0.15, 0.2) is 5.76 Å². The van der Waals surface area contributed by atoms with Crippen molar-refractivity contribution in [2.45, 2.75) is 6.92 Å². The van der Waals surface area contributed by atoms with Gasteiger partial charge in [0.1, 0.15) is 22.8 Å². The van der Waals surface area contributed by atoms with Gasteiger partial charge in [0.2, 0.25) is 5.78 Å². The molecular weight excluding hydrogens is 306 g/mol. The zero-order valence-corrected chi connectivity index (χ0v) is 12.8. The second-order valence-electron chi connectivity index (χ2n) is 5.49. The van der Waals surface area contributed by atoms with Crippen molar-refractivity contribution >= 4 is 16.8 Å². The standard InChI is InChI=1S/C19H13NO4/c1-11-17(18(20-24-11)12-5-3-2-4-6-12)19(22)16-9-13-7-8-14(21)10-15(13)23-16/h2-10,21H,1H3. The Morgan fingerprint density at radius 1 is 1.08 bits per heavy atom. The zero-order valence-electron chi connectivity index (χ0n) is 12.8. The molecule has 2 aromatic heterocycles. The quantitative estimate of drug-likeness (QED) is 0.569. The van der Waals surface area contributed by atoms with Crippen LogP contribution in [0, 0.1) is 6.92 Å². The Morgan fingerprint density at radius 3 is 2.67 bits per heavy atom. The van der Waals surface area contributed by atoms with E-state index in [2.05, 4.69) is 5.16 Å². The molecule has 0 fully saturated rings. The average Bonchev–Trinajstić information content (AvgIpc) is 3.18. The lowest BCUT2D eigenvalue weighted by atomic mass is 10.0. The van der Waals surface area contributed by atoms with E-state index in [9.17, 15) is 9.90 Å². The molecule has 0 spiro atoms. The van der Waals surface area contributed by atoms with E-state index >= 15 is 0 Å². The van der Waals surface area contributed by atoms with E-state index in [1.165, 1.54) is 6.07 Å². The highest BCUT2D eigenvalue weighted by atomic mass is 16.5. The number of furan rings is 1. The van der Waals surface area contributed by atoms with Crippen LogP contribution < -0.4 is 0 Å². The Labute approximate surface area is 137 Å². The number of aryl methyl sites for hydroxylation is 1. The molecular formula is C19H13NO4. The number of benzene rings is 2. The number of ketones is 1. The lowest BCUT2D eigenvalue weighted by molar-refractivity contribution is 0.101. The van der Waals surface area contributed by atoms with Crippen LogP contribution in [0.1, 0.15) is 21.9 Å². The van der Waals surface area contributed by atoms with Crippen molar-refractivity contribution in [1.82, 2.24) is 5.16 Å². The maximum absolute atomic E-state index is 12.9. The highest BCUT2D eigenvalue weighted by molar-refractivity contribution is 6.12. The van der Waals surface area contributed by atoms with Crippen LogP contribution in [0.2, 0.25) is 0 Å². The maximum Gasteiger partial charge on any atom is 0.234 e. The van der Waals surface area contributed by atoms with Crippen molar-refractivity contribution in [3.8, 4) is 17.0 Å². The van der Waals surface area contributed by atoms with E-state index in [4.69, 9.17) is 8.94 Å². The molecule has 0 radical (unpaired) electrons. The summed E-state index contributed by atoms with van der Waals surface area (Å²) in [6, 6.07) is 15.7. The van der Waals surface area contributed by atoms with Crippen molar-refractivity contribution in [2.75, 3.05) is 0 Å². The van der Waals surface area contributed by atoms with Crippen molar-refractivity contribution in [3.63, 3.8) is 0 Å². The summed E-state index contributed by atoms with van der Waals surface area (Å²) in [5, 5.41) is 14.3. The number of rotatable bonds is 3. The minimum Gasteiger partial charge on any atom is -0.508 e. The molecule has 0 saturated heterocycles. The molecule has 2 heterocycles. The molecule has 4 rings (SSSR count). The van der Waals surface area contributed by atoms with Crippen LogP contribution in [0.4, 0.5) is 0 Å². The molecule has 24 heavy (non-hydrogen) atoms. The Morgan fingerprint density at radius 2 is 1.88 bits per heavy atom. The topological polar surface area (TPSA) is 76.5 Å². The zero-order chi connectivity index (χ0) is 16.7. The first kappa shape index (κ1) is 14.3. The van der Waals surface area contributed by atoms with Gasteiger partial charge in [-0.15, -0.1) is 0 Å². The minimum atomic E-state index is -0.303. The summed E-state index contributed by atoms with van der Waals surface area (Å²) in [5.41, 5.74) is 2.12. The van der Waals surface area contributed by atoms with Crippen LogP contribution in [0.15, 0.2) is 63.5 Å². The van der Waals surface area contributed by atoms with Gasteiger partial charge in [0.05, 0.1) is 5.56 Å². The first-order valence-corrected chi connectivity index (χ1v) is 7.42. The molecule has 118 valence electrons. The molecule has 5 nitrogen and oxygen atoms in total. The summed E-state index contributed by atoms with van der Waals surface area (Å²) in [7, 11) is 0. The van der Waals surface area contributed by atoms with Crippen molar-refractivity contribution < 1.29 is 18.8 Å². The third-order valence-electron chi connectivity index (χ3n) is 3.86. The molecule has 0 bridgehead atoms. The Hall–Kier alpha value is -3.34. The first-order chi connectivity index (χ1) is 11.6. The fourth-order valence-electron chi connectivity index (χ4n) is 2.69. The highest BCUT2D eigenvalue weighted by Gasteiger charge is 2.25. The molecule has 5 heteroatoms. The van der Waals surface area contributed by atoms with Crippen LogP contribution >= 0.6 is 0 Å². The molecule has 0 atom stereocenters. The van der Waals surface area contributed by atoms with E-state index in [1.54, 1.807) is 25.1 Å². The second kappa shape index (κ2) is 5.38. The van der Waals surface area contributed by atoms with E-state index in [1.807, 2.05) is 30.3 Å². The predicted molar refractivity (Wildman–Crippen MR) is 88.0 cm³/mol. The van der Waals surface area contributed by atoms with Crippen LogP contribution in [0.25, 0.3) is 22.2 Å². The molecule has 0 saturated carbocycles. The summed E-state index contributed by atoms with van der Waals surface area (Å²) in [6.07, 6.45) is 0. The normalized spacial score (nSPS) is 11.0. The lowest BCUT2D eigenvalue weighted by Gasteiger charge is -2.00. The minimum absolute atomic E-state index is 0.0852. The molecule has 2 aromatic carbocycles. The second-order valence-corrected chi connectivity index (χ2v) is 5.49. The van der Waals surface area contributed by atoms with Crippen molar-refractivity contribution in [3.05, 3.63) is 71.7 Å². The monoisotopic (exact) mass is 319 g/mol. The number of fused-ring (bicyclic) bond motifs is 1. The first-order valence-electron chi connectivity index (χ1n) is 7.42. The maximum atomic E-state index is 12.9. The Kier molecular flexibility index (Phi) is 3.20. The van der Waals surface area contributed by atoms with Gasteiger partial charge in [-0.25, -0.2) is 0 Å². The van der Waals surface area contributed by atoms with Gasteiger partial charge in [-0.05, 0) is 25.1 Å². The number of phenolic OH excluding ortho intramolecular Hbond substituents is 1. The highest BCUT2D eigenvalue weighted by Crippen LogP contribution is 2.30. The molecule has 1 N–H and O–H groups in total. The summed E-state index contributed by atoms with van der Waals surface area (Å²) < 4.78 is 10.8. The van der Waals surface area contributed by atoms with Gasteiger partial charge in [0.25, 0.3) is 0 Å². The largest absolute Gasteiger partial charge is 0.508 e. The summed E-state index contributed by atoms with van der Waals surface area (Å²) >= 11 is 0. The predicted octanol–water partition coefficient (Wildman–Crippen LogP) is 4.33. The van der Waals surface area contributed by atoms with Gasteiger partial charge in [-0.3, -0.25) is 4.79 Å². The van der Waals surface area contributed by atoms with E-state index in [0.29, 0.717) is 22.6 Å². The van der Waals surface area contributed by atoms with Crippen molar-refractivity contribution in [2.24, 2.45) is 0 Å². The number of carbonyl (C=O) groups is 1. The third-order valence-corrected chi connectivity index (χ3v) is 3.86. The summed E-state index contributed by atoms with van der Waals surface area (Å²) in [4.78, 5) is 12.9. The van der Waals surface area contributed by atoms with Gasteiger partial charge in [-0.2, -0.15) is 0 Å². The number of nitrogens with zero attached hydrogens (tertiary/aromatic N) is 1. The number of phenols is 1. The number of carbonyl (C=O) groups excluding carboxylic acids is 1. The molecule has 4 aromatic rings. The van der Waals surface area contributed by atoms with Gasteiger partial charge in [0, 0.05) is 17.0 Å². The number of aromatic nitrogens is 1. The number of hydrogen-bond donors (Lipinski definition) is 1.